The molecule has 1 aliphatic heterocycles. The Labute approximate surface area is 100.0 Å². The monoisotopic (exact) mass is 225 g/mol. The summed E-state index contributed by atoms with van der Waals surface area (Å²) in [5.41, 5.74) is 6.32. The quantitative estimate of drug-likeness (QED) is 0.779. The maximum absolute atomic E-state index is 6.07. The van der Waals surface area contributed by atoms with Crippen LogP contribution < -0.4 is 5.73 Å². The van der Waals surface area contributed by atoms with Crippen LogP contribution in [-0.2, 0) is 0 Å². The van der Waals surface area contributed by atoms with E-state index in [4.69, 9.17) is 5.73 Å². The number of hydrogen-bond acceptors (Lipinski definition) is 3. The molecule has 94 valence electrons. The summed E-state index contributed by atoms with van der Waals surface area (Å²) >= 11 is 0. The lowest BCUT2D eigenvalue weighted by Crippen LogP contribution is -2.61. The molecule has 1 aliphatic carbocycles. The first kappa shape index (κ1) is 12.3. The van der Waals surface area contributed by atoms with Gasteiger partial charge in [0, 0.05) is 25.2 Å². The smallest absolute Gasteiger partial charge is 0.0455 e. The number of likely N-dealkylation sites (tertiary alicyclic amines) is 1. The standard InChI is InChI=1S/C13H27N3/c1-15-8-4-7-13(10-14,11-15)16(2)9-12-5-3-6-12/h12H,3-11,14H2,1-2H3. The third kappa shape index (κ3) is 2.41. The Hall–Kier alpha value is -0.120. The van der Waals surface area contributed by atoms with Crippen LogP contribution in [0, 0.1) is 5.92 Å². The number of piperidine rings is 1. The zero-order valence-corrected chi connectivity index (χ0v) is 10.9. The maximum Gasteiger partial charge on any atom is 0.0455 e. The van der Waals surface area contributed by atoms with Crippen LogP contribution in [-0.4, -0.2) is 55.6 Å². The summed E-state index contributed by atoms with van der Waals surface area (Å²) in [5.74, 6) is 0.945. The first-order valence-corrected chi connectivity index (χ1v) is 6.76. The van der Waals surface area contributed by atoms with Crippen molar-refractivity contribution in [1.82, 2.24) is 9.80 Å². The topological polar surface area (TPSA) is 32.5 Å². The molecular formula is C13H27N3. The van der Waals surface area contributed by atoms with Gasteiger partial charge >= 0.3 is 0 Å². The zero-order chi connectivity index (χ0) is 11.6. The number of rotatable bonds is 4. The van der Waals surface area contributed by atoms with Crippen molar-refractivity contribution in [2.24, 2.45) is 11.7 Å². The van der Waals surface area contributed by atoms with Crippen LogP contribution in [0.4, 0.5) is 0 Å². The summed E-state index contributed by atoms with van der Waals surface area (Å²) in [6.07, 6.45) is 6.87. The van der Waals surface area contributed by atoms with Crippen molar-refractivity contribution in [3.8, 4) is 0 Å². The summed E-state index contributed by atoms with van der Waals surface area (Å²) in [6, 6.07) is 0. The van der Waals surface area contributed by atoms with Crippen LogP contribution in [0.3, 0.4) is 0 Å². The fraction of sp³-hybridized carbons (Fsp3) is 1.00. The van der Waals surface area contributed by atoms with Gasteiger partial charge in [0.15, 0.2) is 0 Å². The van der Waals surface area contributed by atoms with Crippen molar-refractivity contribution < 1.29 is 0 Å². The van der Waals surface area contributed by atoms with Gasteiger partial charge in [-0.15, -0.1) is 0 Å². The van der Waals surface area contributed by atoms with Crippen molar-refractivity contribution in [3.05, 3.63) is 0 Å². The van der Waals surface area contributed by atoms with Gasteiger partial charge in [0.05, 0.1) is 0 Å². The average molecular weight is 225 g/mol. The van der Waals surface area contributed by atoms with Gasteiger partial charge in [0.2, 0.25) is 0 Å². The lowest BCUT2D eigenvalue weighted by atomic mass is 9.82. The lowest BCUT2D eigenvalue weighted by molar-refractivity contribution is 0.0252. The van der Waals surface area contributed by atoms with Gasteiger partial charge in [-0.3, -0.25) is 4.90 Å². The normalized spacial score (nSPS) is 33.0. The molecule has 1 heterocycles. The van der Waals surface area contributed by atoms with Crippen LogP contribution in [0.2, 0.25) is 0 Å². The molecule has 0 aromatic carbocycles. The zero-order valence-electron chi connectivity index (χ0n) is 10.9. The Morgan fingerprint density at radius 3 is 2.62 bits per heavy atom. The lowest BCUT2D eigenvalue weighted by Gasteiger charge is -2.48. The predicted octanol–water partition coefficient (Wildman–Crippen LogP) is 1.14. The van der Waals surface area contributed by atoms with E-state index < -0.39 is 0 Å². The van der Waals surface area contributed by atoms with E-state index in [0.717, 1.165) is 19.0 Å². The molecule has 16 heavy (non-hydrogen) atoms. The molecular weight excluding hydrogens is 198 g/mol. The second kappa shape index (κ2) is 5.03. The second-order valence-electron chi connectivity index (χ2n) is 5.95. The van der Waals surface area contributed by atoms with E-state index in [1.807, 2.05) is 0 Å². The fourth-order valence-electron chi connectivity index (χ4n) is 3.23. The van der Waals surface area contributed by atoms with Gasteiger partial charge in [-0.05, 0) is 52.2 Å². The summed E-state index contributed by atoms with van der Waals surface area (Å²) in [4.78, 5) is 5.00. The molecule has 3 heteroatoms. The Balaban J connectivity index is 1.95. The Bertz CT molecular complexity index is 227. The molecule has 2 fully saturated rings. The highest BCUT2D eigenvalue weighted by Gasteiger charge is 2.38. The van der Waals surface area contributed by atoms with Crippen molar-refractivity contribution in [2.75, 3.05) is 40.3 Å². The highest BCUT2D eigenvalue weighted by molar-refractivity contribution is 4.96. The molecule has 2 aliphatic rings. The molecule has 3 nitrogen and oxygen atoms in total. The van der Waals surface area contributed by atoms with E-state index in [9.17, 15) is 0 Å². The maximum atomic E-state index is 6.07. The van der Waals surface area contributed by atoms with E-state index in [-0.39, 0.29) is 5.54 Å². The summed E-state index contributed by atoms with van der Waals surface area (Å²) in [6.45, 7) is 4.44. The van der Waals surface area contributed by atoms with E-state index in [0.29, 0.717) is 0 Å². The van der Waals surface area contributed by atoms with Gasteiger partial charge in [0.25, 0.3) is 0 Å². The molecule has 1 saturated carbocycles. The Kier molecular flexibility index (Phi) is 3.88. The molecule has 0 bridgehead atoms. The van der Waals surface area contributed by atoms with Gasteiger partial charge in [-0.2, -0.15) is 0 Å². The van der Waals surface area contributed by atoms with Gasteiger partial charge in [0.1, 0.15) is 0 Å². The first-order chi connectivity index (χ1) is 7.66. The average Bonchev–Trinajstić information content (AvgIpc) is 2.23. The summed E-state index contributed by atoms with van der Waals surface area (Å²) in [7, 11) is 4.51. The van der Waals surface area contributed by atoms with Crippen molar-refractivity contribution in [1.29, 1.82) is 0 Å². The van der Waals surface area contributed by atoms with Crippen LogP contribution in [0.15, 0.2) is 0 Å². The molecule has 1 unspecified atom stereocenters. The molecule has 0 aromatic rings. The highest BCUT2D eigenvalue weighted by Crippen LogP contribution is 2.31. The number of nitrogens with two attached hydrogens (primary N) is 1. The molecule has 2 rings (SSSR count). The molecule has 1 saturated heterocycles. The number of hydrogen-bond donors (Lipinski definition) is 1. The fourth-order valence-corrected chi connectivity index (χ4v) is 3.23. The first-order valence-electron chi connectivity index (χ1n) is 6.76. The second-order valence-corrected chi connectivity index (χ2v) is 5.95. The SMILES string of the molecule is CN1CCCC(CN)(N(C)CC2CCC2)C1. The number of nitrogens with zero attached hydrogens (tertiary/aromatic N) is 2. The molecule has 0 amide bonds. The largest absolute Gasteiger partial charge is 0.329 e. The third-order valence-corrected chi connectivity index (χ3v) is 4.69. The van der Waals surface area contributed by atoms with Gasteiger partial charge in [-0.25, -0.2) is 0 Å². The predicted molar refractivity (Wildman–Crippen MR) is 68.5 cm³/mol. The van der Waals surface area contributed by atoms with E-state index in [2.05, 4.69) is 23.9 Å². The van der Waals surface area contributed by atoms with E-state index >= 15 is 0 Å². The summed E-state index contributed by atoms with van der Waals surface area (Å²) < 4.78 is 0. The Morgan fingerprint density at radius 2 is 2.12 bits per heavy atom. The molecule has 1 atom stereocenters. The van der Waals surface area contributed by atoms with Crippen molar-refractivity contribution >= 4 is 0 Å². The number of likely N-dealkylation sites (N-methyl/N-ethyl adjacent to an activating group) is 2. The summed E-state index contributed by atoms with van der Waals surface area (Å²) in [5, 5.41) is 0. The minimum absolute atomic E-state index is 0.253. The third-order valence-electron chi connectivity index (χ3n) is 4.69. The van der Waals surface area contributed by atoms with Gasteiger partial charge < -0.3 is 10.6 Å². The minimum atomic E-state index is 0.253. The molecule has 2 N–H and O–H groups in total. The van der Waals surface area contributed by atoms with Crippen LogP contribution in [0.5, 0.6) is 0 Å². The van der Waals surface area contributed by atoms with Crippen molar-refractivity contribution in [2.45, 2.75) is 37.6 Å². The molecule has 0 radical (unpaired) electrons. The van der Waals surface area contributed by atoms with Crippen LogP contribution >= 0.6 is 0 Å². The molecule has 0 aromatic heterocycles. The molecule has 0 spiro atoms. The van der Waals surface area contributed by atoms with Crippen molar-refractivity contribution in [3.63, 3.8) is 0 Å². The van der Waals surface area contributed by atoms with E-state index in [1.54, 1.807) is 0 Å². The minimum Gasteiger partial charge on any atom is -0.329 e. The van der Waals surface area contributed by atoms with Gasteiger partial charge in [-0.1, -0.05) is 6.42 Å². The van der Waals surface area contributed by atoms with Crippen LogP contribution in [0.25, 0.3) is 0 Å². The highest BCUT2D eigenvalue weighted by atomic mass is 15.3. The van der Waals surface area contributed by atoms with E-state index in [1.165, 1.54) is 45.2 Å². The van der Waals surface area contributed by atoms with Crippen LogP contribution in [0.1, 0.15) is 32.1 Å². The Morgan fingerprint density at radius 1 is 1.38 bits per heavy atom.